The summed E-state index contributed by atoms with van der Waals surface area (Å²) in [6, 6.07) is 9.69. The summed E-state index contributed by atoms with van der Waals surface area (Å²) in [5, 5.41) is 11.2. The van der Waals surface area contributed by atoms with Crippen molar-refractivity contribution >= 4 is 11.6 Å². The number of halogens is 5. The summed E-state index contributed by atoms with van der Waals surface area (Å²) in [6.45, 7) is 1.10. The van der Waals surface area contributed by atoms with Crippen LogP contribution < -0.4 is 10.2 Å². The SMILES string of the molecule is CO[C@H]1C[C@](c2cccc(N3Cc4c(cc(CNCC5(C)CC5(F)F)cc4C(F)(F)F)C3=O)c2)(c2nncn2C)C1. The summed E-state index contributed by atoms with van der Waals surface area (Å²) in [4.78, 5) is 14.9. The van der Waals surface area contributed by atoms with Gasteiger partial charge in [-0.3, -0.25) is 4.79 Å². The third-order valence-corrected chi connectivity index (χ3v) is 8.96. The average molecular weight is 576 g/mol. The Morgan fingerprint density at radius 2 is 1.90 bits per heavy atom. The number of ether oxygens (including phenoxy) is 1. The van der Waals surface area contributed by atoms with Crippen molar-refractivity contribution in [2.45, 2.75) is 62.9 Å². The summed E-state index contributed by atoms with van der Waals surface area (Å²) in [6.07, 6.45) is -2.03. The van der Waals surface area contributed by atoms with E-state index >= 15 is 0 Å². The summed E-state index contributed by atoms with van der Waals surface area (Å²) in [5.74, 6) is -2.58. The van der Waals surface area contributed by atoms with E-state index in [0.717, 1.165) is 17.5 Å². The minimum Gasteiger partial charge on any atom is -0.381 e. The third-order valence-electron chi connectivity index (χ3n) is 8.96. The normalized spacial score (nSPS) is 26.7. The number of methoxy groups -OCH3 is 1. The molecule has 2 aliphatic carbocycles. The second-order valence-electron chi connectivity index (χ2n) is 11.8. The van der Waals surface area contributed by atoms with Gasteiger partial charge >= 0.3 is 6.18 Å². The Kier molecular flexibility index (Phi) is 6.31. The summed E-state index contributed by atoms with van der Waals surface area (Å²) >= 11 is 0. The van der Waals surface area contributed by atoms with Gasteiger partial charge in [-0.25, -0.2) is 8.78 Å². The molecule has 1 aliphatic heterocycles. The van der Waals surface area contributed by atoms with Gasteiger partial charge in [-0.2, -0.15) is 13.2 Å². The minimum absolute atomic E-state index is 0.0168. The summed E-state index contributed by atoms with van der Waals surface area (Å²) < 4.78 is 77.0. The average Bonchev–Trinajstić information content (AvgIpc) is 3.18. The number of nitrogens with one attached hydrogen (secondary N) is 1. The lowest BCUT2D eigenvalue weighted by Gasteiger charge is -2.46. The molecule has 2 aromatic carbocycles. The molecule has 7 nitrogen and oxygen atoms in total. The largest absolute Gasteiger partial charge is 0.416 e. The molecule has 0 saturated heterocycles. The van der Waals surface area contributed by atoms with Crippen molar-refractivity contribution in [3.8, 4) is 0 Å². The predicted molar refractivity (Wildman–Crippen MR) is 140 cm³/mol. The molecule has 2 heterocycles. The zero-order valence-electron chi connectivity index (χ0n) is 22.9. The van der Waals surface area contributed by atoms with Gasteiger partial charge in [0.25, 0.3) is 11.8 Å². The number of alkyl halides is 5. The van der Waals surface area contributed by atoms with Crippen LogP contribution in [0.3, 0.4) is 0 Å². The number of carbonyl (C=O) groups is 1. The molecular formula is C29H30F5N5O2. The first-order valence-electron chi connectivity index (χ1n) is 13.4. The van der Waals surface area contributed by atoms with Gasteiger partial charge in [0, 0.05) is 50.3 Å². The van der Waals surface area contributed by atoms with Gasteiger partial charge in [-0.05, 0) is 53.8 Å². The highest BCUT2D eigenvalue weighted by atomic mass is 19.4. The van der Waals surface area contributed by atoms with Crippen LogP contribution in [0, 0.1) is 5.41 Å². The monoisotopic (exact) mass is 575 g/mol. The van der Waals surface area contributed by atoms with Crippen LogP contribution in [0.4, 0.5) is 27.6 Å². The number of hydrogen-bond donors (Lipinski definition) is 1. The van der Waals surface area contributed by atoms with Gasteiger partial charge in [0.05, 0.1) is 23.6 Å². The number of anilines is 1. The van der Waals surface area contributed by atoms with Crippen LogP contribution in [0.15, 0.2) is 42.7 Å². The number of aryl methyl sites for hydroxylation is 1. The third kappa shape index (κ3) is 4.51. The molecule has 2 saturated carbocycles. The van der Waals surface area contributed by atoms with Crippen molar-refractivity contribution < 1.29 is 31.5 Å². The second-order valence-corrected chi connectivity index (χ2v) is 11.8. The number of aromatic nitrogens is 3. The molecule has 2 fully saturated rings. The highest BCUT2D eigenvalue weighted by Gasteiger charge is 2.67. The van der Waals surface area contributed by atoms with Crippen LogP contribution in [0.25, 0.3) is 0 Å². The van der Waals surface area contributed by atoms with Crippen molar-refractivity contribution in [1.82, 2.24) is 20.1 Å². The van der Waals surface area contributed by atoms with Crippen LogP contribution in [-0.2, 0) is 36.5 Å². The lowest BCUT2D eigenvalue weighted by atomic mass is 9.62. The molecule has 1 aromatic heterocycles. The van der Waals surface area contributed by atoms with Crippen molar-refractivity contribution in [2.24, 2.45) is 12.5 Å². The van der Waals surface area contributed by atoms with Gasteiger partial charge in [-0.15, -0.1) is 10.2 Å². The Morgan fingerprint density at radius 1 is 1.17 bits per heavy atom. The van der Waals surface area contributed by atoms with Crippen LogP contribution in [0.1, 0.15) is 64.6 Å². The molecular weight excluding hydrogens is 545 g/mol. The summed E-state index contributed by atoms with van der Waals surface area (Å²) in [7, 11) is 3.49. The first-order valence-corrected chi connectivity index (χ1v) is 13.4. The maximum absolute atomic E-state index is 14.2. The quantitative estimate of drug-likeness (QED) is 0.373. The standard InChI is InChI=1S/C29H30F5N5O2/c1-26(14-28(26,30)31)15-35-12-17-7-21-22(23(8-17)29(32,33)34)13-39(24(21)40)19-6-4-5-18(9-19)27(10-20(11-27)41-3)25-37-36-16-38(25)2/h4-9,16,20,35H,10-15H2,1-3H3/t20-,26?,27-. The predicted octanol–water partition coefficient (Wildman–Crippen LogP) is 5.22. The fourth-order valence-corrected chi connectivity index (χ4v) is 6.27. The number of fused-ring (bicyclic) bond motifs is 1. The van der Waals surface area contributed by atoms with E-state index in [-0.39, 0.29) is 48.8 Å². The van der Waals surface area contributed by atoms with Gasteiger partial charge in [0.2, 0.25) is 0 Å². The second kappa shape index (κ2) is 9.32. The van der Waals surface area contributed by atoms with E-state index in [0.29, 0.717) is 18.5 Å². The maximum Gasteiger partial charge on any atom is 0.416 e. The number of rotatable bonds is 8. The Hall–Kier alpha value is -3.38. The van der Waals surface area contributed by atoms with Crippen molar-refractivity contribution in [1.29, 1.82) is 0 Å². The van der Waals surface area contributed by atoms with Crippen molar-refractivity contribution in [2.75, 3.05) is 18.6 Å². The Bertz CT molecular complexity index is 1510. The Morgan fingerprint density at radius 3 is 2.51 bits per heavy atom. The highest BCUT2D eigenvalue weighted by molar-refractivity contribution is 6.10. The summed E-state index contributed by atoms with van der Waals surface area (Å²) in [5.41, 5.74) is -1.17. The molecule has 0 spiro atoms. The Labute approximate surface area is 233 Å². The highest BCUT2D eigenvalue weighted by Crippen LogP contribution is 2.59. The van der Waals surface area contributed by atoms with Crippen LogP contribution in [0.5, 0.6) is 0 Å². The minimum atomic E-state index is -4.69. The van der Waals surface area contributed by atoms with Crippen molar-refractivity contribution in [3.63, 3.8) is 0 Å². The maximum atomic E-state index is 14.2. The zero-order chi connectivity index (χ0) is 29.4. The van der Waals surface area contributed by atoms with E-state index in [1.54, 1.807) is 25.6 Å². The lowest BCUT2D eigenvalue weighted by Crippen LogP contribution is -2.48. The van der Waals surface area contributed by atoms with E-state index in [1.807, 2.05) is 23.7 Å². The molecule has 3 aliphatic rings. The lowest BCUT2D eigenvalue weighted by molar-refractivity contribution is -0.138. The van der Waals surface area contributed by atoms with Gasteiger partial charge in [-0.1, -0.05) is 19.1 Å². The topological polar surface area (TPSA) is 72.3 Å². The molecule has 41 heavy (non-hydrogen) atoms. The van der Waals surface area contributed by atoms with E-state index in [9.17, 15) is 26.7 Å². The number of amides is 1. The molecule has 0 bridgehead atoms. The fourth-order valence-electron chi connectivity index (χ4n) is 6.27. The molecule has 1 unspecified atom stereocenters. The van der Waals surface area contributed by atoms with Gasteiger partial charge < -0.3 is 19.5 Å². The van der Waals surface area contributed by atoms with Crippen LogP contribution >= 0.6 is 0 Å². The molecule has 1 N–H and O–H groups in total. The van der Waals surface area contributed by atoms with E-state index in [4.69, 9.17) is 4.74 Å². The molecule has 12 heteroatoms. The number of hydrogen-bond acceptors (Lipinski definition) is 5. The number of benzene rings is 2. The van der Waals surface area contributed by atoms with Gasteiger partial charge in [0.15, 0.2) is 0 Å². The number of carbonyl (C=O) groups excluding carboxylic acids is 1. The molecule has 6 rings (SSSR count). The molecule has 218 valence electrons. The first-order chi connectivity index (χ1) is 19.3. The van der Waals surface area contributed by atoms with Crippen LogP contribution in [-0.4, -0.2) is 46.4 Å². The molecule has 3 aromatic rings. The van der Waals surface area contributed by atoms with Crippen molar-refractivity contribution in [3.05, 3.63) is 76.4 Å². The van der Waals surface area contributed by atoms with Crippen LogP contribution in [0.2, 0.25) is 0 Å². The molecule has 0 radical (unpaired) electrons. The van der Waals surface area contributed by atoms with E-state index in [2.05, 4.69) is 15.5 Å². The van der Waals surface area contributed by atoms with Gasteiger partial charge in [0.1, 0.15) is 12.2 Å². The smallest absolute Gasteiger partial charge is 0.381 e. The van der Waals surface area contributed by atoms with E-state index < -0.39 is 34.4 Å². The first kappa shape index (κ1) is 27.8. The number of nitrogens with zero attached hydrogens (tertiary/aromatic N) is 4. The molecule has 1 atom stereocenters. The molecule has 1 amide bonds. The zero-order valence-corrected chi connectivity index (χ0v) is 22.9. The Balaban J connectivity index is 1.30. The van der Waals surface area contributed by atoms with E-state index in [1.165, 1.54) is 17.9 Å². The fraction of sp³-hybridized carbons (Fsp3) is 0.483.